The van der Waals surface area contributed by atoms with E-state index in [9.17, 15) is 13.2 Å². The molecule has 1 amide bonds. The predicted octanol–water partition coefficient (Wildman–Crippen LogP) is 4.19. The van der Waals surface area contributed by atoms with E-state index in [1.165, 1.54) is 12.1 Å². The first-order chi connectivity index (χ1) is 13.3. The van der Waals surface area contributed by atoms with Crippen molar-refractivity contribution in [3.8, 4) is 0 Å². The lowest BCUT2D eigenvalue weighted by Crippen LogP contribution is -2.39. The van der Waals surface area contributed by atoms with Crippen LogP contribution in [-0.4, -0.2) is 14.3 Å². The molecule has 0 saturated heterocycles. The van der Waals surface area contributed by atoms with Crippen LogP contribution in [0.4, 0.5) is 5.69 Å². The fraction of sp³-hybridized carbons (Fsp3) is 0.250. The van der Waals surface area contributed by atoms with Crippen LogP contribution in [0.5, 0.6) is 0 Å². The second-order valence-corrected chi connectivity index (χ2v) is 9.31. The number of hydrazine groups is 1. The second-order valence-electron chi connectivity index (χ2n) is 6.71. The average Bonchev–Trinajstić information content (AvgIpc) is 2.68. The summed E-state index contributed by atoms with van der Waals surface area (Å²) in [5.74, 6) is 0.116. The third-order valence-electron chi connectivity index (χ3n) is 4.58. The molecule has 148 valence electrons. The molecule has 3 rings (SSSR count). The summed E-state index contributed by atoms with van der Waals surface area (Å²) in [4.78, 5) is 12.5. The number of benzene rings is 2. The molecule has 8 heteroatoms. The Kier molecular flexibility index (Phi) is 6.41. The third kappa shape index (κ3) is 5.14. The van der Waals surface area contributed by atoms with Crippen LogP contribution in [0.1, 0.15) is 36.5 Å². The highest BCUT2D eigenvalue weighted by Gasteiger charge is 2.16. The van der Waals surface area contributed by atoms with Gasteiger partial charge >= 0.3 is 0 Å². The van der Waals surface area contributed by atoms with Gasteiger partial charge in [0.1, 0.15) is 0 Å². The maximum atomic E-state index is 12.4. The van der Waals surface area contributed by atoms with Gasteiger partial charge in [-0.1, -0.05) is 28.9 Å². The van der Waals surface area contributed by atoms with Gasteiger partial charge in [-0.2, -0.15) is 0 Å². The molecule has 1 aliphatic carbocycles. The largest absolute Gasteiger partial charge is 0.303 e. The molecule has 0 heterocycles. The lowest BCUT2D eigenvalue weighted by molar-refractivity contribution is 0.0936. The zero-order valence-corrected chi connectivity index (χ0v) is 17.8. The lowest BCUT2D eigenvalue weighted by Gasteiger charge is -2.22. The minimum Gasteiger partial charge on any atom is -0.303 e. The maximum Gasteiger partial charge on any atom is 0.269 e. The fourth-order valence-electron chi connectivity index (χ4n) is 2.93. The van der Waals surface area contributed by atoms with Crippen molar-refractivity contribution < 1.29 is 13.2 Å². The third-order valence-corrected chi connectivity index (χ3v) is 6.51. The minimum atomic E-state index is -3.69. The van der Waals surface area contributed by atoms with E-state index in [0.29, 0.717) is 17.2 Å². The smallest absolute Gasteiger partial charge is 0.269 e. The summed E-state index contributed by atoms with van der Waals surface area (Å²) in [6, 6.07) is 12.6. The van der Waals surface area contributed by atoms with Gasteiger partial charge in [-0.25, -0.2) is 8.42 Å². The summed E-state index contributed by atoms with van der Waals surface area (Å²) in [7, 11) is -3.69. The number of allylic oxidation sites excluding steroid dienone is 2. The summed E-state index contributed by atoms with van der Waals surface area (Å²) in [6.07, 6.45) is 5.38. The molecule has 0 spiro atoms. The van der Waals surface area contributed by atoms with Crippen molar-refractivity contribution in [2.45, 2.75) is 31.1 Å². The van der Waals surface area contributed by atoms with E-state index >= 15 is 0 Å². The van der Waals surface area contributed by atoms with Crippen LogP contribution < -0.4 is 15.6 Å². The van der Waals surface area contributed by atoms with E-state index in [2.05, 4.69) is 44.5 Å². The van der Waals surface area contributed by atoms with Crippen molar-refractivity contribution in [3.63, 3.8) is 0 Å². The Morgan fingerprint density at radius 1 is 1.07 bits per heavy atom. The number of nitrogens with one attached hydrogen (secondary N) is 3. The summed E-state index contributed by atoms with van der Waals surface area (Å²) in [5.41, 5.74) is 7.54. The van der Waals surface area contributed by atoms with Crippen molar-refractivity contribution in [2.75, 3.05) is 4.72 Å². The van der Waals surface area contributed by atoms with Gasteiger partial charge in [0.2, 0.25) is 0 Å². The maximum absolute atomic E-state index is 12.4. The monoisotopic (exact) mass is 463 g/mol. The zero-order chi connectivity index (χ0) is 20.1. The number of rotatable bonds is 6. The molecule has 2 aromatic carbocycles. The second kappa shape index (κ2) is 8.79. The molecule has 0 aromatic heterocycles. The molecular formula is C20H22BrN3O3S. The van der Waals surface area contributed by atoms with Crippen molar-refractivity contribution >= 4 is 37.5 Å². The first-order valence-corrected chi connectivity index (χ1v) is 11.3. The highest BCUT2D eigenvalue weighted by Crippen LogP contribution is 2.22. The van der Waals surface area contributed by atoms with Crippen LogP contribution in [0, 0.1) is 5.92 Å². The van der Waals surface area contributed by atoms with Crippen LogP contribution in [0.25, 0.3) is 0 Å². The normalized spacial score (nSPS) is 16.8. The number of hydrogen-bond acceptors (Lipinski definition) is 4. The average molecular weight is 464 g/mol. The fourth-order valence-corrected chi connectivity index (χ4v) is 4.25. The Morgan fingerprint density at radius 3 is 2.39 bits per heavy atom. The molecule has 2 aromatic rings. The van der Waals surface area contributed by atoms with Crippen LogP contribution in [0.3, 0.4) is 0 Å². The summed E-state index contributed by atoms with van der Waals surface area (Å²) in [5, 5.41) is 0. The topological polar surface area (TPSA) is 87.3 Å². The molecule has 0 unspecified atom stereocenters. The lowest BCUT2D eigenvalue weighted by atomic mass is 9.94. The Balaban J connectivity index is 1.62. The Bertz CT molecular complexity index is 971. The van der Waals surface area contributed by atoms with Crippen LogP contribution in [-0.2, 0) is 10.0 Å². The number of amides is 1. The SMILES string of the molecule is C[C@H]1CCCC=C1NNC(=O)c1ccc(NS(=O)(=O)c2ccc(Br)cc2)cc1. The summed E-state index contributed by atoms with van der Waals surface area (Å²) >= 11 is 3.28. The van der Waals surface area contributed by atoms with Crippen LogP contribution >= 0.6 is 15.9 Å². The van der Waals surface area contributed by atoms with Crippen molar-refractivity contribution in [3.05, 3.63) is 70.3 Å². The summed E-state index contributed by atoms with van der Waals surface area (Å²) < 4.78 is 28.1. The van der Waals surface area contributed by atoms with E-state index in [-0.39, 0.29) is 10.8 Å². The molecule has 0 aliphatic heterocycles. The van der Waals surface area contributed by atoms with Gasteiger partial charge in [0.05, 0.1) is 4.90 Å². The molecule has 1 aliphatic rings. The standard InChI is InChI=1S/C20H22BrN3O3S/c1-14-4-2-3-5-19(14)22-23-20(25)15-6-10-17(11-7-15)24-28(26,27)18-12-8-16(21)9-13-18/h5-14,22,24H,2-4H2,1H3,(H,23,25)/t14-/m0/s1. The van der Waals surface area contributed by atoms with Gasteiger partial charge < -0.3 is 5.43 Å². The predicted molar refractivity (Wildman–Crippen MR) is 113 cm³/mol. The highest BCUT2D eigenvalue weighted by atomic mass is 79.9. The van der Waals surface area contributed by atoms with Crippen LogP contribution in [0.2, 0.25) is 0 Å². The molecule has 1 atom stereocenters. The van der Waals surface area contributed by atoms with Crippen molar-refractivity contribution in [1.29, 1.82) is 0 Å². The van der Waals surface area contributed by atoms with E-state index in [0.717, 1.165) is 29.4 Å². The van der Waals surface area contributed by atoms with Crippen LogP contribution in [0.15, 0.2) is 69.7 Å². The van der Waals surface area contributed by atoms with E-state index in [1.54, 1.807) is 36.4 Å². The molecule has 0 fully saturated rings. The van der Waals surface area contributed by atoms with Crippen molar-refractivity contribution in [2.24, 2.45) is 5.92 Å². The van der Waals surface area contributed by atoms with Gasteiger partial charge in [0.25, 0.3) is 15.9 Å². The molecule has 3 N–H and O–H groups in total. The van der Waals surface area contributed by atoms with E-state index < -0.39 is 10.0 Å². The molecule has 0 bridgehead atoms. The van der Waals surface area contributed by atoms with Gasteiger partial charge in [-0.15, -0.1) is 0 Å². The first kappa shape index (κ1) is 20.4. The van der Waals surface area contributed by atoms with E-state index in [4.69, 9.17) is 0 Å². The number of halogens is 1. The van der Waals surface area contributed by atoms with Gasteiger partial charge in [-0.05, 0) is 73.7 Å². The molecule has 0 saturated carbocycles. The Hall–Kier alpha value is -2.32. The van der Waals surface area contributed by atoms with Crippen molar-refractivity contribution in [1.82, 2.24) is 10.9 Å². The Morgan fingerprint density at radius 2 is 1.75 bits per heavy atom. The zero-order valence-electron chi connectivity index (χ0n) is 15.4. The molecule has 0 radical (unpaired) electrons. The summed E-state index contributed by atoms with van der Waals surface area (Å²) in [6.45, 7) is 2.12. The number of carbonyl (C=O) groups is 1. The quantitative estimate of drug-likeness (QED) is 0.560. The first-order valence-electron chi connectivity index (χ1n) is 9.00. The minimum absolute atomic E-state index is 0.164. The molecule has 6 nitrogen and oxygen atoms in total. The number of hydrogen-bond donors (Lipinski definition) is 3. The van der Waals surface area contributed by atoms with E-state index in [1.807, 2.05) is 0 Å². The van der Waals surface area contributed by atoms with Gasteiger partial charge in [0.15, 0.2) is 0 Å². The molecule has 28 heavy (non-hydrogen) atoms. The highest BCUT2D eigenvalue weighted by molar-refractivity contribution is 9.10. The Labute approximate surface area is 173 Å². The van der Waals surface area contributed by atoms with Gasteiger partial charge in [0, 0.05) is 21.4 Å². The number of carbonyl (C=O) groups excluding carboxylic acids is 1. The number of anilines is 1. The van der Waals surface area contributed by atoms with Gasteiger partial charge in [-0.3, -0.25) is 14.9 Å². The number of sulfonamides is 1. The molecular weight excluding hydrogens is 442 g/mol.